The second kappa shape index (κ2) is 11.6. The summed E-state index contributed by atoms with van der Waals surface area (Å²) in [6, 6.07) is 22.2. The van der Waals surface area contributed by atoms with Gasteiger partial charge in [-0.2, -0.15) is 0 Å². The number of methoxy groups -OCH3 is 1. The van der Waals surface area contributed by atoms with Crippen LogP contribution in [0.15, 0.2) is 82.7 Å². The van der Waals surface area contributed by atoms with E-state index in [1.165, 1.54) is 23.8 Å². The molecule has 0 aliphatic carbocycles. The molecule has 0 unspecified atom stereocenters. The first-order valence-corrected chi connectivity index (χ1v) is 12.2. The first-order chi connectivity index (χ1) is 17.5. The standard InChI is InChI=1S/C28H26N2O5S/c1-4-34-24-16-20(10-15-23(24)35-18-19-8-6-5-7-9-19)17-25-26(31)30(2)28(36-25)29-22-13-11-21(12-14-22)27(32)33-3/h5-17H,4,18H2,1-3H3. The molecule has 0 N–H and O–H groups in total. The predicted molar refractivity (Wildman–Crippen MR) is 142 cm³/mol. The van der Waals surface area contributed by atoms with E-state index >= 15 is 0 Å². The van der Waals surface area contributed by atoms with Crippen LogP contribution in [0.3, 0.4) is 0 Å². The van der Waals surface area contributed by atoms with Crippen molar-refractivity contribution >= 4 is 40.6 Å². The molecule has 3 aromatic carbocycles. The van der Waals surface area contributed by atoms with Crippen molar-refractivity contribution in [1.82, 2.24) is 4.90 Å². The minimum atomic E-state index is -0.412. The Morgan fingerprint density at radius 2 is 1.75 bits per heavy atom. The van der Waals surface area contributed by atoms with Crippen LogP contribution in [0.2, 0.25) is 0 Å². The number of nitrogens with zero attached hydrogens (tertiary/aromatic N) is 2. The number of ether oxygens (including phenoxy) is 3. The molecule has 4 rings (SSSR count). The first kappa shape index (κ1) is 25.1. The third-order valence-electron chi connectivity index (χ3n) is 5.32. The molecule has 184 valence electrons. The maximum atomic E-state index is 12.9. The number of carbonyl (C=O) groups excluding carboxylic acids is 2. The number of esters is 1. The maximum Gasteiger partial charge on any atom is 0.337 e. The van der Waals surface area contributed by atoms with Crippen molar-refractivity contribution in [2.24, 2.45) is 4.99 Å². The minimum absolute atomic E-state index is 0.146. The van der Waals surface area contributed by atoms with Crippen LogP contribution in [0.4, 0.5) is 5.69 Å². The highest BCUT2D eigenvalue weighted by molar-refractivity contribution is 8.18. The third kappa shape index (κ3) is 5.95. The SMILES string of the molecule is CCOc1cc(C=C2SC(=Nc3ccc(C(=O)OC)cc3)N(C)C2=O)ccc1OCc1ccccc1. The molecule has 1 aliphatic heterocycles. The van der Waals surface area contributed by atoms with Crippen molar-refractivity contribution in [1.29, 1.82) is 0 Å². The molecule has 0 radical (unpaired) electrons. The fourth-order valence-electron chi connectivity index (χ4n) is 3.44. The monoisotopic (exact) mass is 502 g/mol. The smallest absolute Gasteiger partial charge is 0.337 e. The molecule has 0 saturated carbocycles. The zero-order valence-corrected chi connectivity index (χ0v) is 21.1. The van der Waals surface area contributed by atoms with E-state index in [1.54, 1.807) is 31.3 Å². The average molecular weight is 503 g/mol. The molecule has 0 atom stereocenters. The number of rotatable bonds is 8. The van der Waals surface area contributed by atoms with Gasteiger partial charge in [0.25, 0.3) is 5.91 Å². The summed E-state index contributed by atoms with van der Waals surface area (Å²) in [5, 5.41) is 0.546. The van der Waals surface area contributed by atoms with Gasteiger partial charge in [-0.25, -0.2) is 9.79 Å². The molecular weight excluding hydrogens is 476 g/mol. The molecule has 36 heavy (non-hydrogen) atoms. The van der Waals surface area contributed by atoms with Crippen LogP contribution in [0, 0.1) is 0 Å². The number of amides is 1. The lowest BCUT2D eigenvalue weighted by molar-refractivity contribution is -0.121. The number of hydrogen-bond donors (Lipinski definition) is 0. The fourth-order valence-corrected chi connectivity index (χ4v) is 4.43. The number of carbonyl (C=O) groups is 2. The molecule has 0 bridgehead atoms. The van der Waals surface area contributed by atoms with E-state index in [-0.39, 0.29) is 5.91 Å². The van der Waals surface area contributed by atoms with Gasteiger partial charge in [-0.1, -0.05) is 36.4 Å². The van der Waals surface area contributed by atoms with Crippen molar-refractivity contribution in [3.63, 3.8) is 0 Å². The van der Waals surface area contributed by atoms with E-state index in [2.05, 4.69) is 4.99 Å². The van der Waals surface area contributed by atoms with Crippen LogP contribution in [-0.2, 0) is 16.1 Å². The molecule has 1 heterocycles. The molecular formula is C28H26N2O5S. The van der Waals surface area contributed by atoms with Gasteiger partial charge < -0.3 is 14.2 Å². The van der Waals surface area contributed by atoms with Crippen molar-refractivity contribution in [3.8, 4) is 11.5 Å². The van der Waals surface area contributed by atoms with Crippen molar-refractivity contribution in [2.45, 2.75) is 13.5 Å². The van der Waals surface area contributed by atoms with Crippen LogP contribution in [0.5, 0.6) is 11.5 Å². The highest BCUT2D eigenvalue weighted by atomic mass is 32.2. The van der Waals surface area contributed by atoms with Crippen LogP contribution >= 0.6 is 11.8 Å². The predicted octanol–water partition coefficient (Wildman–Crippen LogP) is 5.68. The summed E-state index contributed by atoms with van der Waals surface area (Å²) in [5.41, 5.74) is 2.95. The molecule has 1 fully saturated rings. The first-order valence-electron chi connectivity index (χ1n) is 11.4. The van der Waals surface area contributed by atoms with Crippen LogP contribution in [0.25, 0.3) is 6.08 Å². The van der Waals surface area contributed by atoms with Gasteiger partial charge in [-0.3, -0.25) is 9.69 Å². The van der Waals surface area contributed by atoms with E-state index in [9.17, 15) is 9.59 Å². The van der Waals surface area contributed by atoms with E-state index < -0.39 is 5.97 Å². The molecule has 0 spiro atoms. The van der Waals surface area contributed by atoms with Crippen LogP contribution in [-0.4, -0.2) is 42.7 Å². The average Bonchev–Trinajstić information content (AvgIpc) is 3.16. The molecule has 8 heteroatoms. The van der Waals surface area contributed by atoms with E-state index in [0.29, 0.717) is 46.0 Å². The summed E-state index contributed by atoms with van der Waals surface area (Å²) >= 11 is 1.29. The molecule has 1 aliphatic rings. The molecule has 1 saturated heterocycles. The summed E-state index contributed by atoms with van der Waals surface area (Å²) in [6.45, 7) is 2.84. The normalized spacial score (nSPS) is 15.4. The summed E-state index contributed by atoms with van der Waals surface area (Å²) in [4.78, 5) is 31.1. The Bertz CT molecular complexity index is 1300. The molecule has 7 nitrogen and oxygen atoms in total. The van der Waals surface area contributed by atoms with E-state index in [4.69, 9.17) is 14.2 Å². The van der Waals surface area contributed by atoms with Crippen LogP contribution in [0.1, 0.15) is 28.4 Å². The van der Waals surface area contributed by atoms with Gasteiger partial charge in [0, 0.05) is 7.05 Å². The number of benzene rings is 3. The minimum Gasteiger partial charge on any atom is -0.490 e. The Labute approximate surface area is 214 Å². The summed E-state index contributed by atoms with van der Waals surface area (Å²) in [6.07, 6.45) is 1.82. The topological polar surface area (TPSA) is 77.4 Å². The fraction of sp³-hybridized carbons (Fsp3) is 0.179. The second-order valence-electron chi connectivity index (χ2n) is 7.82. The van der Waals surface area contributed by atoms with Gasteiger partial charge in [-0.15, -0.1) is 0 Å². The van der Waals surface area contributed by atoms with Crippen molar-refractivity contribution in [2.75, 3.05) is 20.8 Å². The summed E-state index contributed by atoms with van der Waals surface area (Å²) in [7, 11) is 3.02. The Kier molecular flexibility index (Phi) is 8.07. The number of hydrogen-bond acceptors (Lipinski definition) is 7. The zero-order chi connectivity index (χ0) is 25.5. The molecule has 1 amide bonds. The van der Waals surface area contributed by atoms with Gasteiger partial charge >= 0.3 is 5.97 Å². The van der Waals surface area contributed by atoms with Gasteiger partial charge in [0.1, 0.15) is 6.61 Å². The summed E-state index contributed by atoms with van der Waals surface area (Å²) < 4.78 is 16.5. The summed E-state index contributed by atoms with van der Waals surface area (Å²) in [5.74, 6) is 0.700. The number of aliphatic imine (C=N–C) groups is 1. The molecule has 3 aromatic rings. The van der Waals surface area contributed by atoms with Gasteiger partial charge in [0.05, 0.1) is 29.9 Å². The van der Waals surface area contributed by atoms with Gasteiger partial charge in [-0.05, 0) is 72.3 Å². The van der Waals surface area contributed by atoms with Crippen LogP contribution < -0.4 is 9.47 Å². The lowest BCUT2D eigenvalue weighted by atomic mass is 10.1. The largest absolute Gasteiger partial charge is 0.490 e. The van der Waals surface area contributed by atoms with Gasteiger partial charge in [0.15, 0.2) is 16.7 Å². The van der Waals surface area contributed by atoms with E-state index in [1.807, 2.05) is 61.5 Å². The quantitative estimate of drug-likeness (QED) is 0.291. The van der Waals surface area contributed by atoms with E-state index in [0.717, 1.165) is 11.1 Å². The Balaban J connectivity index is 1.52. The number of thioether (sulfide) groups is 1. The molecule has 0 aromatic heterocycles. The van der Waals surface area contributed by atoms with Crippen molar-refractivity contribution < 1.29 is 23.8 Å². The Hall–Kier alpha value is -4.04. The number of amidine groups is 1. The number of likely N-dealkylation sites (N-methyl/N-ethyl adjacent to an activating group) is 1. The zero-order valence-electron chi connectivity index (χ0n) is 20.3. The second-order valence-corrected chi connectivity index (χ2v) is 8.83. The van der Waals surface area contributed by atoms with Crippen molar-refractivity contribution in [3.05, 3.63) is 94.4 Å². The highest BCUT2D eigenvalue weighted by Crippen LogP contribution is 2.35. The Morgan fingerprint density at radius 3 is 2.44 bits per heavy atom. The lowest BCUT2D eigenvalue weighted by Gasteiger charge is -2.13. The lowest BCUT2D eigenvalue weighted by Crippen LogP contribution is -2.23. The maximum absolute atomic E-state index is 12.9. The highest BCUT2D eigenvalue weighted by Gasteiger charge is 2.30. The Morgan fingerprint density at radius 1 is 1.00 bits per heavy atom. The van der Waals surface area contributed by atoms with Gasteiger partial charge in [0.2, 0.25) is 0 Å². The third-order valence-corrected chi connectivity index (χ3v) is 6.38.